The molecule has 0 aliphatic carbocycles. The highest BCUT2D eigenvalue weighted by Gasteiger charge is 2.18. The van der Waals surface area contributed by atoms with E-state index in [1.54, 1.807) is 19.3 Å². The monoisotopic (exact) mass is 494 g/mol. The van der Waals surface area contributed by atoms with E-state index in [-0.39, 0.29) is 17.6 Å². The second-order valence-electron chi connectivity index (χ2n) is 8.54. The van der Waals surface area contributed by atoms with Gasteiger partial charge < -0.3 is 20.4 Å². The minimum atomic E-state index is -0.339. The molecule has 35 heavy (non-hydrogen) atoms. The lowest BCUT2D eigenvalue weighted by Gasteiger charge is -2.10. The number of ketones is 1. The number of benzene rings is 1. The molecule has 0 spiro atoms. The summed E-state index contributed by atoms with van der Waals surface area (Å²) >= 11 is 1.43. The Kier molecular flexibility index (Phi) is 6.98. The fourth-order valence-electron chi connectivity index (χ4n) is 4.24. The Morgan fingerprint density at radius 2 is 1.97 bits per heavy atom. The normalized spacial score (nSPS) is 15.8. The largest absolute Gasteiger partial charge is 0.423 e. The van der Waals surface area contributed by atoms with Crippen molar-refractivity contribution in [2.45, 2.75) is 43.6 Å². The molecule has 0 saturated heterocycles. The van der Waals surface area contributed by atoms with E-state index in [9.17, 15) is 9.18 Å². The average Bonchev–Trinajstić information content (AvgIpc) is 3.22. The van der Waals surface area contributed by atoms with E-state index in [0.29, 0.717) is 47.0 Å². The number of ether oxygens (including phenoxy) is 1. The molecule has 0 fully saturated rings. The van der Waals surface area contributed by atoms with Crippen molar-refractivity contribution < 1.29 is 13.9 Å². The van der Waals surface area contributed by atoms with Crippen LogP contribution in [-0.4, -0.2) is 45.1 Å². The predicted molar refractivity (Wildman–Crippen MR) is 137 cm³/mol. The van der Waals surface area contributed by atoms with Crippen LogP contribution in [0.4, 0.5) is 15.9 Å². The molecule has 2 aliphatic heterocycles. The Labute approximate surface area is 206 Å². The quantitative estimate of drug-likeness (QED) is 0.300. The number of aromatic nitrogens is 4. The number of rotatable bonds is 1. The van der Waals surface area contributed by atoms with Gasteiger partial charge in [-0.05, 0) is 37.1 Å². The Hall–Kier alpha value is -3.40. The van der Waals surface area contributed by atoms with Gasteiger partial charge in [-0.1, -0.05) is 31.0 Å². The Bertz CT molecular complexity index is 1360. The first kappa shape index (κ1) is 23.3. The van der Waals surface area contributed by atoms with Crippen LogP contribution in [0.15, 0.2) is 35.5 Å². The van der Waals surface area contributed by atoms with Crippen molar-refractivity contribution in [1.29, 1.82) is 0 Å². The summed E-state index contributed by atoms with van der Waals surface area (Å²) in [4.78, 5) is 29.0. The van der Waals surface area contributed by atoms with E-state index in [2.05, 4.69) is 30.6 Å². The van der Waals surface area contributed by atoms with Gasteiger partial charge in [-0.3, -0.25) is 4.79 Å². The molecule has 2 aliphatic rings. The highest BCUT2D eigenvalue weighted by Crippen LogP contribution is 2.36. The van der Waals surface area contributed by atoms with Crippen molar-refractivity contribution >= 4 is 51.0 Å². The number of thioether (sulfide) groups is 1. The van der Waals surface area contributed by atoms with E-state index >= 15 is 0 Å². The molecule has 6 rings (SSSR count). The van der Waals surface area contributed by atoms with Crippen molar-refractivity contribution in [2.24, 2.45) is 0 Å². The SMILES string of the molecule is CNc1cc(F)cc2c1[nH]c1nc3nc(c12)NCCCCCCCC(=O)CSc1ccc(cn1)O3. The van der Waals surface area contributed by atoms with Crippen LogP contribution in [0.1, 0.15) is 38.5 Å². The maximum absolute atomic E-state index is 14.4. The first-order valence-corrected chi connectivity index (χ1v) is 12.8. The van der Waals surface area contributed by atoms with E-state index in [1.807, 2.05) is 6.07 Å². The van der Waals surface area contributed by atoms with Crippen LogP contribution in [0.3, 0.4) is 0 Å². The molecule has 0 atom stereocenters. The Balaban J connectivity index is 1.53. The number of nitrogens with zero attached hydrogens (tertiary/aromatic N) is 3. The van der Waals surface area contributed by atoms with Crippen LogP contribution >= 0.6 is 11.8 Å². The second-order valence-corrected chi connectivity index (χ2v) is 9.53. The molecule has 0 saturated carbocycles. The molecule has 182 valence electrons. The van der Waals surface area contributed by atoms with E-state index in [0.717, 1.165) is 48.0 Å². The van der Waals surface area contributed by atoms with Crippen LogP contribution < -0.4 is 15.4 Å². The minimum Gasteiger partial charge on any atom is -0.423 e. The molecule has 10 heteroatoms. The average molecular weight is 495 g/mol. The van der Waals surface area contributed by atoms with Crippen molar-refractivity contribution in [3.63, 3.8) is 0 Å². The van der Waals surface area contributed by atoms with Gasteiger partial charge in [0.25, 0.3) is 0 Å². The minimum absolute atomic E-state index is 0.160. The first-order chi connectivity index (χ1) is 17.1. The number of pyridine rings is 1. The number of aromatic amines is 1. The van der Waals surface area contributed by atoms with Gasteiger partial charge in [0.15, 0.2) is 0 Å². The number of H-pyrrole nitrogens is 1. The zero-order valence-corrected chi connectivity index (χ0v) is 20.3. The number of carbonyl (C=O) groups is 1. The third-order valence-corrected chi connectivity index (χ3v) is 7.00. The first-order valence-electron chi connectivity index (χ1n) is 11.8. The van der Waals surface area contributed by atoms with Crippen LogP contribution in [0, 0.1) is 5.82 Å². The van der Waals surface area contributed by atoms with Gasteiger partial charge in [-0.25, -0.2) is 9.37 Å². The summed E-state index contributed by atoms with van der Waals surface area (Å²) in [5.41, 5.74) is 1.95. The van der Waals surface area contributed by atoms with Crippen molar-refractivity contribution in [1.82, 2.24) is 19.9 Å². The molecule has 0 unspecified atom stereocenters. The van der Waals surface area contributed by atoms with Gasteiger partial charge in [-0.2, -0.15) is 9.97 Å². The molecule has 3 N–H and O–H groups in total. The van der Waals surface area contributed by atoms with Crippen LogP contribution in [0.25, 0.3) is 21.9 Å². The lowest BCUT2D eigenvalue weighted by atomic mass is 10.1. The summed E-state index contributed by atoms with van der Waals surface area (Å²) in [5.74, 6) is 1.42. The number of fused-ring (bicyclic) bond motifs is 15. The zero-order valence-electron chi connectivity index (χ0n) is 19.5. The summed E-state index contributed by atoms with van der Waals surface area (Å²) in [6.07, 6.45) is 7.23. The van der Waals surface area contributed by atoms with Crippen molar-refractivity contribution in [3.8, 4) is 11.8 Å². The topological polar surface area (TPSA) is 105 Å². The highest BCUT2D eigenvalue weighted by atomic mass is 32.2. The number of anilines is 2. The van der Waals surface area contributed by atoms with Gasteiger partial charge in [0.1, 0.15) is 28.8 Å². The van der Waals surface area contributed by atoms with Gasteiger partial charge >= 0.3 is 6.01 Å². The van der Waals surface area contributed by atoms with E-state index < -0.39 is 0 Å². The lowest BCUT2D eigenvalue weighted by Crippen LogP contribution is -2.05. The standard InChI is InChI=1S/C25H27FN6O2S/c1-27-19-12-15(26)11-18-21-23-28-10-6-4-2-3-5-7-16(33)14-35-20-9-8-17(13-29-20)34-25(31-23)32-24(21)30-22(18)19/h8-9,11-13,27H,2-7,10,14H2,1H3,(H2,28,30,31,32). The van der Waals surface area contributed by atoms with Gasteiger partial charge in [0.05, 0.1) is 33.6 Å². The second kappa shape index (κ2) is 10.5. The Morgan fingerprint density at radius 1 is 1.11 bits per heavy atom. The maximum atomic E-state index is 14.4. The summed E-state index contributed by atoms with van der Waals surface area (Å²) in [6.45, 7) is 0.707. The number of carbonyl (C=O) groups excluding carboxylic acids is 1. The van der Waals surface area contributed by atoms with Gasteiger partial charge in [0, 0.05) is 25.4 Å². The molecule has 0 radical (unpaired) electrons. The zero-order chi connectivity index (χ0) is 24.2. The van der Waals surface area contributed by atoms with Crippen molar-refractivity contribution in [2.75, 3.05) is 30.0 Å². The van der Waals surface area contributed by atoms with Crippen LogP contribution in [0.2, 0.25) is 0 Å². The fourth-order valence-corrected chi connectivity index (χ4v) is 4.99. The number of halogens is 1. The van der Waals surface area contributed by atoms with Crippen molar-refractivity contribution in [3.05, 3.63) is 36.3 Å². The number of hydrogen-bond acceptors (Lipinski definition) is 8. The molecule has 4 bridgehead atoms. The molecular formula is C25H27FN6O2S. The summed E-state index contributed by atoms with van der Waals surface area (Å²) < 4.78 is 20.3. The van der Waals surface area contributed by atoms with Crippen LogP contribution in [0.5, 0.6) is 11.8 Å². The van der Waals surface area contributed by atoms with E-state index in [4.69, 9.17) is 4.74 Å². The smallest absolute Gasteiger partial charge is 0.326 e. The fraction of sp³-hybridized carbons (Fsp3) is 0.360. The molecule has 4 aromatic rings. The summed E-state index contributed by atoms with van der Waals surface area (Å²) in [6, 6.07) is 6.71. The number of nitrogens with one attached hydrogen (secondary N) is 3. The molecule has 8 nitrogen and oxygen atoms in total. The number of hydrogen-bond donors (Lipinski definition) is 3. The maximum Gasteiger partial charge on any atom is 0.326 e. The third kappa shape index (κ3) is 5.32. The third-order valence-electron chi connectivity index (χ3n) is 6.00. The molecule has 1 aromatic carbocycles. The lowest BCUT2D eigenvalue weighted by molar-refractivity contribution is -0.116. The predicted octanol–water partition coefficient (Wildman–Crippen LogP) is 5.91. The molecule has 0 amide bonds. The highest BCUT2D eigenvalue weighted by molar-refractivity contribution is 7.99. The number of Topliss-reactive ketones (excluding diaryl/α,β-unsaturated/α-hetero) is 1. The molecule has 3 aromatic heterocycles. The molecule has 5 heterocycles. The summed E-state index contributed by atoms with van der Waals surface area (Å²) in [7, 11) is 1.75. The van der Waals surface area contributed by atoms with Gasteiger partial charge in [0.2, 0.25) is 0 Å². The molecular weight excluding hydrogens is 467 g/mol. The van der Waals surface area contributed by atoms with E-state index in [1.165, 1.54) is 23.9 Å². The van der Waals surface area contributed by atoms with Crippen LogP contribution in [-0.2, 0) is 4.79 Å². The summed E-state index contributed by atoms with van der Waals surface area (Å²) in [5, 5.41) is 8.63. The Morgan fingerprint density at radius 3 is 2.80 bits per heavy atom. The van der Waals surface area contributed by atoms with Gasteiger partial charge in [-0.15, -0.1) is 0 Å².